The lowest BCUT2D eigenvalue weighted by Gasteiger charge is -2.20. The second kappa shape index (κ2) is 12.8. The van der Waals surface area contributed by atoms with E-state index in [1.165, 1.54) is 11.1 Å². The summed E-state index contributed by atoms with van der Waals surface area (Å²) in [5.74, 6) is 0.0264. The van der Waals surface area contributed by atoms with E-state index in [9.17, 15) is 4.79 Å². The van der Waals surface area contributed by atoms with Crippen LogP contribution in [0.4, 0.5) is 0 Å². The Bertz CT molecular complexity index is 972. The fourth-order valence-electron chi connectivity index (χ4n) is 3.77. The Balaban J connectivity index is 1.32. The van der Waals surface area contributed by atoms with Gasteiger partial charge in [-0.2, -0.15) is 0 Å². The molecule has 3 rings (SSSR count). The summed E-state index contributed by atoms with van der Waals surface area (Å²) in [4.78, 5) is 15.6. The van der Waals surface area contributed by atoms with Crippen LogP contribution in [0.3, 0.4) is 0 Å². The van der Waals surface area contributed by atoms with Crippen LogP contribution in [0.5, 0.6) is 5.75 Å². The van der Waals surface area contributed by atoms with Gasteiger partial charge in [-0.15, -0.1) is 0 Å². The summed E-state index contributed by atoms with van der Waals surface area (Å²) in [5.41, 5.74) is 4.02. The fourth-order valence-corrected chi connectivity index (χ4v) is 3.77. The Morgan fingerprint density at radius 1 is 0.758 bits per heavy atom. The van der Waals surface area contributed by atoms with Crippen molar-refractivity contribution in [1.29, 1.82) is 0 Å². The van der Waals surface area contributed by atoms with Crippen LogP contribution in [0, 0.1) is 0 Å². The van der Waals surface area contributed by atoms with Crippen LogP contribution in [-0.2, 0) is 19.5 Å². The third-order valence-electron chi connectivity index (χ3n) is 5.61. The van der Waals surface area contributed by atoms with E-state index in [0.29, 0.717) is 12.2 Å². The molecule has 0 radical (unpaired) electrons. The maximum atomic E-state index is 11.0. The SMILES string of the molecule is CN(CCCN(C)Cc1ccc(C(=O)O)cc1)Cc1ccc(OCCc2ccccc2)cc1. The van der Waals surface area contributed by atoms with Gasteiger partial charge in [0.2, 0.25) is 0 Å². The largest absolute Gasteiger partial charge is 0.493 e. The van der Waals surface area contributed by atoms with E-state index in [-0.39, 0.29) is 0 Å². The van der Waals surface area contributed by atoms with E-state index in [2.05, 4.69) is 72.4 Å². The Morgan fingerprint density at radius 3 is 1.85 bits per heavy atom. The number of nitrogens with zero attached hydrogens (tertiary/aromatic N) is 2. The number of carboxylic acid groups (broad SMARTS) is 1. The van der Waals surface area contributed by atoms with Gasteiger partial charge >= 0.3 is 5.97 Å². The fraction of sp³-hybridized carbons (Fsp3) is 0.321. The van der Waals surface area contributed by atoms with Crippen LogP contribution in [-0.4, -0.2) is 54.7 Å². The highest BCUT2D eigenvalue weighted by molar-refractivity contribution is 5.87. The van der Waals surface area contributed by atoms with Crippen molar-refractivity contribution >= 4 is 5.97 Å². The van der Waals surface area contributed by atoms with Gasteiger partial charge in [0.1, 0.15) is 5.75 Å². The summed E-state index contributed by atoms with van der Waals surface area (Å²) in [6, 6.07) is 25.9. The molecule has 174 valence electrons. The van der Waals surface area contributed by atoms with E-state index >= 15 is 0 Å². The van der Waals surface area contributed by atoms with E-state index in [4.69, 9.17) is 9.84 Å². The minimum Gasteiger partial charge on any atom is -0.493 e. The number of rotatable bonds is 13. The van der Waals surface area contributed by atoms with Crippen LogP contribution in [0.25, 0.3) is 0 Å². The van der Waals surface area contributed by atoms with E-state index < -0.39 is 5.97 Å². The third-order valence-corrected chi connectivity index (χ3v) is 5.61. The first kappa shape index (κ1) is 24.5. The van der Waals surface area contributed by atoms with Crippen molar-refractivity contribution in [3.8, 4) is 5.75 Å². The molecule has 0 aliphatic heterocycles. The van der Waals surface area contributed by atoms with Crippen molar-refractivity contribution in [2.24, 2.45) is 0 Å². The molecule has 0 amide bonds. The monoisotopic (exact) mass is 446 g/mol. The van der Waals surface area contributed by atoms with Crippen LogP contribution in [0.15, 0.2) is 78.9 Å². The molecule has 0 aliphatic rings. The zero-order valence-corrected chi connectivity index (χ0v) is 19.6. The lowest BCUT2D eigenvalue weighted by molar-refractivity contribution is 0.0697. The highest BCUT2D eigenvalue weighted by atomic mass is 16.5. The molecule has 0 fully saturated rings. The molecule has 0 bridgehead atoms. The molecule has 0 atom stereocenters. The average Bonchev–Trinajstić information content (AvgIpc) is 2.81. The summed E-state index contributed by atoms with van der Waals surface area (Å²) in [6.45, 7) is 4.40. The number of carboxylic acids is 1. The minimum atomic E-state index is -0.886. The molecular formula is C28H34N2O3. The number of carbonyl (C=O) groups is 1. The smallest absolute Gasteiger partial charge is 0.335 e. The van der Waals surface area contributed by atoms with Crippen molar-refractivity contribution in [2.45, 2.75) is 25.9 Å². The van der Waals surface area contributed by atoms with Gasteiger partial charge in [-0.05, 0) is 74.6 Å². The maximum Gasteiger partial charge on any atom is 0.335 e. The molecule has 0 unspecified atom stereocenters. The predicted octanol–water partition coefficient (Wildman–Crippen LogP) is 4.96. The molecule has 1 N–H and O–H groups in total. The molecular weight excluding hydrogens is 412 g/mol. The van der Waals surface area contributed by atoms with Crippen molar-refractivity contribution in [2.75, 3.05) is 33.8 Å². The van der Waals surface area contributed by atoms with E-state index in [1.807, 2.05) is 18.2 Å². The summed E-state index contributed by atoms with van der Waals surface area (Å²) in [6.07, 6.45) is 1.98. The van der Waals surface area contributed by atoms with Gasteiger partial charge in [0, 0.05) is 19.5 Å². The zero-order chi connectivity index (χ0) is 23.5. The molecule has 0 saturated heterocycles. The first-order chi connectivity index (χ1) is 16.0. The molecule has 0 spiro atoms. The van der Waals surface area contributed by atoms with Crippen molar-refractivity contribution < 1.29 is 14.6 Å². The second-order valence-electron chi connectivity index (χ2n) is 8.56. The normalized spacial score (nSPS) is 11.2. The molecule has 3 aromatic carbocycles. The zero-order valence-electron chi connectivity index (χ0n) is 19.6. The summed E-state index contributed by atoms with van der Waals surface area (Å²) >= 11 is 0. The first-order valence-electron chi connectivity index (χ1n) is 11.4. The van der Waals surface area contributed by atoms with Gasteiger partial charge in [-0.25, -0.2) is 4.79 Å². The number of aromatic carboxylic acids is 1. The molecule has 5 heteroatoms. The van der Waals surface area contributed by atoms with Gasteiger partial charge in [0.05, 0.1) is 12.2 Å². The third kappa shape index (κ3) is 8.72. The topological polar surface area (TPSA) is 53.0 Å². The van der Waals surface area contributed by atoms with Crippen molar-refractivity contribution in [3.05, 3.63) is 101 Å². The molecule has 0 aromatic heterocycles. The molecule has 3 aromatic rings. The van der Waals surface area contributed by atoms with Crippen LogP contribution >= 0.6 is 0 Å². The van der Waals surface area contributed by atoms with Crippen LogP contribution < -0.4 is 4.74 Å². The molecule has 33 heavy (non-hydrogen) atoms. The van der Waals surface area contributed by atoms with Crippen LogP contribution in [0.2, 0.25) is 0 Å². The molecule has 0 heterocycles. The number of hydrogen-bond acceptors (Lipinski definition) is 4. The van der Waals surface area contributed by atoms with Crippen molar-refractivity contribution in [1.82, 2.24) is 9.80 Å². The van der Waals surface area contributed by atoms with Crippen molar-refractivity contribution in [3.63, 3.8) is 0 Å². The number of hydrogen-bond donors (Lipinski definition) is 1. The molecule has 0 saturated carbocycles. The van der Waals surface area contributed by atoms with Crippen LogP contribution in [0.1, 0.15) is 33.5 Å². The predicted molar refractivity (Wildman–Crippen MR) is 133 cm³/mol. The maximum absolute atomic E-state index is 11.0. The highest BCUT2D eigenvalue weighted by Gasteiger charge is 2.06. The Morgan fingerprint density at radius 2 is 1.30 bits per heavy atom. The summed E-state index contributed by atoms with van der Waals surface area (Å²) in [7, 11) is 4.25. The standard InChI is InChI=1S/C28H34N2O3/c1-29(21-24-9-13-26(14-10-24)28(31)32)18-6-19-30(2)22-25-11-15-27(16-12-25)33-20-17-23-7-4-3-5-8-23/h3-5,7-16H,6,17-22H2,1-2H3,(H,31,32). The highest BCUT2D eigenvalue weighted by Crippen LogP contribution is 2.14. The molecule has 5 nitrogen and oxygen atoms in total. The number of ether oxygens (including phenoxy) is 1. The quantitative estimate of drug-likeness (QED) is 0.402. The molecule has 0 aliphatic carbocycles. The number of benzene rings is 3. The van der Waals surface area contributed by atoms with Gasteiger partial charge in [0.25, 0.3) is 0 Å². The minimum absolute atomic E-state index is 0.329. The summed E-state index contributed by atoms with van der Waals surface area (Å²) < 4.78 is 5.88. The second-order valence-corrected chi connectivity index (χ2v) is 8.56. The average molecular weight is 447 g/mol. The summed E-state index contributed by atoms with van der Waals surface area (Å²) in [5, 5.41) is 9.00. The Labute approximate surface area is 197 Å². The Hall–Kier alpha value is -3.15. The lowest BCUT2D eigenvalue weighted by Crippen LogP contribution is -2.25. The van der Waals surface area contributed by atoms with Gasteiger partial charge < -0.3 is 19.6 Å². The first-order valence-corrected chi connectivity index (χ1v) is 11.4. The van der Waals surface area contributed by atoms with E-state index in [0.717, 1.165) is 50.3 Å². The Kier molecular flexibility index (Phi) is 9.48. The van der Waals surface area contributed by atoms with Gasteiger partial charge in [-0.1, -0.05) is 54.6 Å². The van der Waals surface area contributed by atoms with Gasteiger partial charge in [-0.3, -0.25) is 0 Å². The van der Waals surface area contributed by atoms with Gasteiger partial charge in [0.15, 0.2) is 0 Å². The van der Waals surface area contributed by atoms with E-state index in [1.54, 1.807) is 12.1 Å². The lowest BCUT2D eigenvalue weighted by atomic mass is 10.1.